The van der Waals surface area contributed by atoms with E-state index in [-0.39, 0.29) is 23.6 Å². The van der Waals surface area contributed by atoms with Crippen molar-refractivity contribution in [1.82, 2.24) is 4.90 Å². The second-order valence-corrected chi connectivity index (χ2v) is 8.18. The first-order valence-corrected chi connectivity index (χ1v) is 10.1. The Hall–Kier alpha value is -1.79. The zero-order valence-corrected chi connectivity index (χ0v) is 17.6. The molecular formula is C20H23BrN2O2S. The lowest BCUT2D eigenvalue weighted by Gasteiger charge is -2.21. The summed E-state index contributed by atoms with van der Waals surface area (Å²) >= 11 is 4.97. The number of nitrogens with zero attached hydrogens (tertiary/aromatic N) is 1. The Morgan fingerprint density at radius 2 is 1.81 bits per heavy atom. The van der Waals surface area contributed by atoms with Gasteiger partial charge in [0.05, 0.1) is 11.8 Å². The molecule has 0 spiro atoms. The number of amides is 2. The molecule has 0 aromatic heterocycles. The molecule has 0 aliphatic rings. The Balaban J connectivity index is 1.93. The number of halogens is 1. The summed E-state index contributed by atoms with van der Waals surface area (Å²) in [7, 11) is 1.66. The fraction of sp³-hybridized carbons (Fsp3) is 0.300. The SMILES string of the molecule is CCc1ccccc1NC(=O)CN(C)C(=O)C(C)Sc1ccccc1Br. The second kappa shape index (κ2) is 9.78. The summed E-state index contributed by atoms with van der Waals surface area (Å²) in [5.41, 5.74) is 1.88. The van der Waals surface area contributed by atoms with Crippen molar-refractivity contribution >= 4 is 45.2 Å². The number of para-hydroxylation sites is 1. The topological polar surface area (TPSA) is 49.4 Å². The number of benzene rings is 2. The van der Waals surface area contributed by atoms with Crippen molar-refractivity contribution in [3.05, 3.63) is 58.6 Å². The van der Waals surface area contributed by atoms with E-state index in [1.807, 2.05) is 62.4 Å². The van der Waals surface area contributed by atoms with E-state index in [0.29, 0.717) is 0 Å². The summed E-state index contributed by atoms with van der Waals surface area (Å²) in [4.78, 5) is 27.4. The third-order valence-corrected chi connectivity index (χ3v) is 6.04. The molecule has 0 fully saturated rings. The van der Waals surface area contributed by atoms with E-state index < -0.39 is 0 Å². The van der Waals surface area contributed by atoms with E-state index in [9.17, 15) is 9.59 Å². The highest BCUT2D eigenvalue weighted by Crippen LogP contribution is 2.30. The van der Waals surface area contributed by atoms with Crippen LogP contribution in [0.4, 0.5) is 5.69 Å². The standard InChI is InChI=1S/C20H23BrN2O2S/c1-4-15-9-5-7-11-17(15)22-19(24)13-23(3)20(25)14(2)26-18-12-8-6-10-16(18)21/h5-12,14H,4,13H2,1-3H3,(H,22,24). The van der Waals surface area contributed by atoms with Crippen LogP contribution in [-0.2, 0) is 16.0 Å². The lowest BCUT2D eigenvalue weighted by atomic mass is 10.1. The van der Waals surface area contributed by atoms with Crippen LogP contribution in [-0.4, -0.2) is 35.6 Å². The van der Waals surface area contributed by atoms with Crippen LogP contribution < -0.4 is 5.32 Å². The molecule has 0 saturated carbocycles. The average Bonchev–Trinajstić information content (AvgIpc) is 2.63. The number of aryl methyl sites for hydroxylation is 1. The molecule has 2 aromatic carbocycles. The molecule has 6 heteroatoms. The molecule has 0 heterocycles. The molecule has 2 rings (SSSR count). The zero-order chi connectivity index (χ0) is 19.1. The van der Waals surface area contributed by atoms with Gasteiger partial charge < -0.3 is 10.2 Å². The normalized spacial score (nSPS) is 11.7. The largest absolute Gasteiger partial charge is 0.335 e. The van der Waals surface area contributed by atoms with Crippen molar-refractivity contribution in [2.24, 2.45) is 0 Å². The van der Waals surface area contributed by atoms with Crippen LogP contribution in [0.1, 0.15) is 19.4 Å². The number of likely N-dealkylation sites (N-methyl/N-ethyl adjacent to an activating group) is 1. The summed E-state index contributed by atoms with van der Waals surface area (Å²) in [6.07, 6.45) is 0.838. The van der Waals surface area contributed by atoms with E-state index in [2.05, 4.69) is 21.2 Å². The molecule has 2 aromatic rings. The molecule has 1 atom stereocenters. The number of hydrogen-bond acceptors (Lipinski definition) is 3. The lowest BCUT2D eigenvalue weighted by molar-refractivity contribution is -0.132. The third kappa shape index (κ3) is 5.61. The molecule has 0 bridgehead atoms. The van der Waals surface area contributed by atoms with Crippen molar-refractivity contribution in [2.75, 3.05) is 18.9 Å². The lowest BCUT2D eigenvalue weighted by Crippen LogP contribution is -2.39. The van der Waals surface area contributed by atoms with Crippen LogP contribution in [0.5, 0.6) is 0 Å². The molecule has 4 nitrogen and oxygen atoms in total. The molecule has 0 radical (unpaired) electrons. The van der Waals surface area contributed by atoms with E-state index in [1.165, 1.54) is 16.7 Å². The third-order valence-electron chi connectivity index (χ3n) is 3.92. The second-order valence-electron chi connectivity index (χ2n) is 5.94. The predicted molar refractivity (Wildman–Crippen MR) is 112 cm³/mol. The first-order valence-electron chi connectivity index (χ1n) is 8.46. The smallest absolute Gasteiger partial charge is 0.243 e. The monoisotopic (exact) mass is 434 g/mol. The Bertz CT molecular complexity index is 782. The van der Waals surface area contributed by atoms with Gasteiger partial charge in [-0.3, -0.25) is 9.59 Å². The summed E-state index contributed by atoms with van der Waals surface area (Å²) in [6.45, 7) is 3.92. The molecule has 0 aliphatic carbocycles. The molecule has 138 valence electrons. The fourth-order valence-corrected chi connectivity index (χ4v) is 4.09. The van der Waals surface area contributed by atoms with Crippen molar-refractivity contribution in [3.63, 3.8) is 0 Å². The molecule has 2 amide bonds. The number of anilines is 1. The van der Waals surface area contributed by atoms with Crippen molar-refractivity contribution in [2.45, 2.75) is 30.4 Å². The Morgan fingerprint density at radius 3 is 2.50 bits per heavy atom. The minimum Gasteiger partial charge on any atom is -0.335 e. The van der Waals surface area contributed by atoms with E-state index >= 15 is 0 Å². The van der Waals surface area contributed by atoms with Gasteiger partial charge in [-0.25, -0.2) is 0 Å². The van der Waals surface area contributed by atoms with E-state index in [0.717, 1.165) is 27.0 Å². The highest BCUT2D eigenvalue weighted by atomic mass is 79.9. The maximum atomic E-state index is 12.6. The number of hydrogen-bond donors (Lipinski definition) is 1. The highest BCUT2D eigenvalue weighted by molar-refractivity contribution is 9.10. The van der Waals surface area contributed by atoms with Gasteiger partial charge in [-0.2, -0.15) is 0 Å². The number of carbonyl (C=O) groups excluding carboxylic acids is 2. The number of rotatable bonds is 7. The predicted octanol–water partition coefficient (Wildman–Crippen LogP) is 4.59. The van der Waals surface area contributed by atoms with E-state index in [1.54, 1.807) is 7.05 Å². The van der Waals surface area contributed by atoms with Crippen LogP contribution in [0.15, 0.2) is 57.9 Å². The van der Waals surface area contributed by atoms with Crippen LogP contribution in [0.2, 0.25) is 0 Å². The van der Waals surface area contributed by atoms with Crippen LogP contribution in [0.25, 0.3) is 0 Å². The van der Waals surface area contributed by atoms with Gasteiger partial charge in [0.2, 0.25) is 11.8 Å². The Morgan fingerprint density at radius 1 is 1.15 bits per heavy atom. The number of thioether (sulfide) groups is 1. The highest BCUT2D eigenvalue weighted by Gasteiger charge is 2.21. The molecule has 0 saturated heterocycles. The maximum absolute atomic E-state index is 12.6. The van der Waals surface area contributed by atoms with Gasteiger partial charge in [-0.05, 0) is 53.0 Å². The molecule has 1 N–H and O–H groups in total. The van der Waals surface area contributed by atoms with Crippen molar-refractivity contribution < 1.29 is 9.59 Å². The molecular weight excluding hydrogens is 412 g/mol. The van der Waals surface area contributed by atoms with Crippen LogP contribution in [0, 0.1) is 0 Å². The minimum absolute atomic E-state index is 0.0255. The van der Waals surface area contributed by atoms with Gasteiger partial charge in [-0.15, -0.1) is 11.8 Å². The summed E-state index contributed by atoms with van der Waals surface area (Å²) in [5, 5.41) is 2.61. The van der Waals surface area contributed by atoms with E-state index in [4.69, 9.17) is 0 Å². The summed E-state index contributed by atoms with van der Waals surface area (Å²) < 4.78 is 0.959. The van der Waals surface area contributed by atoms with Gasteiger partial charge in [0.25, 0.3) is 0 Å². The van der Waals surface area contributed by atoms with Crippen LogP contribution in [0.3, 0.4) is 0 Å². The minimum atomic E-state index is -0.283. The van der Waals surface area contributed by atoms with Gasteiger partial charge in [0, 0.05) is 22.1 Å². The van der Waals surface area contributed by atoms with Crippen molar-refractivity contribution in [1.29, 1.82) is 0 Å². The van der Waals surface area contributed by atoms with Crippen LogP contribution >= 0.6 is 27.7 Å². The molecule has 1 unspecified atom stereocenters. The molecule has 0 aliphatic heterocycles. The fourth-order valence-electron chi connectivity index (χ4n) is 2.53. The Kier molecular flexibility index (Phi) is 7.72. The number of carbonyl (C=O) groups is 2. The maximum Gasteiger partial charge on any atom is 0.243 e. The van der Waals surface area contributed by atoms with Gasteiger partial charge >= 0.3 is 0 Å². The summed E-state index contributed by atoms with van der Waals surface area (Å²) in [5.74, 6) is -0.274. The first kappa shape index (κ1) is 20.5. The number of nitrogens with one attached hydrogen (secondary N) is 1. The van der Waals surface area contributed by atoms with Crippen molar-refractivity contribution in [3.8, 4) is 0 Å². The van der Waals surface area contributed by atoms with Gasteiger partial charge in [0.1, 0.15) is 0 Å². The molecule has 26 heavy (non-hydrogen) atoms. The zero-order valence-electron chi connectivity index (χ0n) is 15.2. The first-order chi connectivity index (χ1) is 12.4. The van der Waals surface area contributed by atoms with Gasteiger partial charge in [-0.1, -0.05) is 37.3 Å². The summed E-state index contributed by atoms with van der Waals surface area (Å²) in [6, 6.07) is 15.5. The quantitative estimate of drug-likeness (QED) is 0.648. The van der Waals surface area contributed by atoms with Gasteiger partial charge in [0.15, 0.2) is 0 Å². The average molecular weight is 435 g/mol. The Labute approximate surface area is 167 Å².